The number of hydrogen-bond acceptors (Lipinski definition) is 4. The van der Waals surface area contributed by atoms with E-state index in [4.69, 9.17) is 4.74 Å². The van der Waals surface area contributed by atoms with Gasteiger partial charge in [0.15, 0.2) is 0 Å². The van der Waals surface area contributed by atoms with Gasteiger partial charge >= 0.3 is 6.09 Å². The van der Waals surface area contributed by atoms with E-state index < -0.39 is 17.6 Å². The highest BCUT2D eigenvalue weighted by Gasteiger charge is 2.37. The molecule has 0 aromatic heterocycles. The zero-order valence-corrected chi connectivity index (χ0v) is 11.5. The van der Waals surface area contributed by atoms with Gasteiger partial charge in [0.05, 0.1) is 6.42 Å². The van der Waals surface area contributed by atoms with Crippen molar-refractivity contribution in [2.75, 3.05) is 6.54 Å². The average molecular weight is 255 g/mol. The molecule has 0 bridgehead atoms. The van der Waals surface area contributed by atoms with Crippen LogP contribution in [0.25, 0.3) is 0 Å². The van der Waals surface area contributed by atoms with Gasteiger partial charge < -0.3 is 4.74 Å². The summed E-state index contributed by atoms with van der Waals surface area (Å²) in [5, 5.41) is 0. The Morgan fingerprint density at radius 2 is 2.00 bits per heavy atom. The van der Waals surface area contributed by atoms with Crippen LogP contribution in [-0.2, 0) is 14.3 Å². The number of likely N-dealkylation sites (tertiary alicyclic amines) is 1. The third-order valence-corrected chi connectivity index (χ3v) is 2.74. The Kier molecular flexibility index (Phi) is 4.48. The van der Waals surface area contributed by atoms with Crippen LogP contribution in [0, 0.1) is 5.92 Å². The summed E-state index contributed by atoms with van der Waals surface area (Å²) < 4.78 is 5.16. The maximum atomic E-state index is 11.9. The van der Waals surface area contributed by atoms with Crippen molar-refractivity contribution in [3.63, 3.8) is 0 Å². The van der Waals surface area contributed by atoms with Crippen LogP contribution >= 0.6 is 0 Å². The van der Waals surface area contributed by atoms with Crippen LogP contribution in [0.15, 0.2) is 0 Å². The molecule has 2 amide bonds. The molecule has 1 atom stereocenters. The van der Waals surface area contributed by atoms with Crippen LogP contribution < -0.4 is 0 Å². The van der Waals surface area contributed by atoms with Crippen molar-refractivity contribution < 1.29 is 19.1 Å². The Morgan fingerprint density at radius 3 is 2.50 bits per heavy atom. The van der Waals surface area contributed by atoms with Crippen LogP contribution in [0.2, 0.25) is 0 Å². The first-order valence-electron chi connectivity index (χ1n) is 6.30. The van der Waals surface area contributed by atoms with Crippen molar-refractivity contribution in [2.45, 2.75) is 52.6 Å². The topological polar surface area (TPSA) is 63.7 Å². The monoisotopic (exact) mass is 255 g/mol. The van der Waals surface area contributed by atoms with E-state index in [0.717, 1.165) is 11.3 Å². The zero-order chi connectivity index (χ0) is 13.9. The van der Waals surface area contributed by atoms with Gasteiger partial charge in [0.2, 0.25) is 5.91 Å². The lowest BCUT2D eigenvalue weighted by molar-refractivity contribution is -0.141. The average Bonchev–Trinajstić information content (AvgIpc) is 2.19. The lowest BCUT2D eigenvalue weighted by atomic mass is 9.92. The molecular weight excluding hydrogens is 234 g/mol. The van der Waals surface area contributed by atoms with E-state index in [1.165, 1.54) is 0 Å². The molecule has 102 valence electrons. The van der Waals surface area contributed by atoms with Crippen molar-refractivity contribution in [3.05, 3.63) is 0 Å². The van der Waals surface area contributed by atoms with Crippen LogP contribution in [0.1, 0.15) is 47.0 Å². The van der Waals surface area contributed by atoms with E-state index in [1.54, 1.807) is 20.8 Å². The van der Waals surface area contributed by atoms with Crippen molar-refractivity contribution in [1.82, 2.24) is 4.90 Å². The van der Waals surface area contributed by atoms with Gasteiger partial charge in [-0.1, -0.05) is 13.3 Å². The van der Waals surface area contributed by atoms with E-state index >= 15 is 0 Å². The molecule has 1 heterocycles. The summed E-state index contributed by atoms with van der Waals surface area (Å²) in [6.07, 6.45) is 0.711. The maximum absolute atomic E-state index is 11.9. The highest BCUT2D eigenvalue weighted by molar-refractivity contribution is 6.06. The molecule has 0 spiro atoms. The Labute approximate surface area is 107 Å². The van der Waals surface area contributed by atoms with Gasteiger partial charge in [0.25, 0.3) is 0 Å². The predicted octanol–water partition coefficient (Wildman–Crippen LogP) is 2.14. The van der Waals surface area contributed by atoms with Gasteiger partial charge in [-0.05, 0) is 27.2 Å². The molecule has 1 aliphatic heterocycles. The molecule has 0 aliphatic carbocycles. The first kappa shape index (κ1) is 14.7. The van der Waals surface area contributed by atoms with Crippen LogP contribution in [0.3, 0.4) is 0 Å². The Hall–Kier alpha value is -1.39. The molecule has 18 heavy (non-hydrogen) atoms. The Morgan fingerprint density at radius 1 is 1.39 bits per heavy atom. The standard InChI is InChI=1S/C13H21NO4/c1-5-6-9-8-14(11(16)7-10(9)15)12(17)18-13(2,3)4/h9H,5-8H2,1-4H3. The molecule has 0 N–H and O–H groups in total. The lowest BCUT2D eigenvalue weighted by Gasteiger charge is -2.31. The number of nitrogens with zero attached hydrogens (tertiary/aromatic N) is 1. The second-order valence-electron chi connectivity index (χ2n) is 5.61. The fourth-order valence-electron chi connectivity index (χ4n) is 1.91. The highest BCUT2D eigenvalue weighted by Crippen LogP contribution is 2.21. The largest absolute Gasteiger partial charge is 0.443 e. The third kappa shape index (κ3) is 3.82. The lowest BCUT2D eigenvalue weighted by Crippen LogP contribution is -2.49. The Balaban J connectivity index is 2.72. The van der Waals surface area contributed by atoms with Crippen molar-refractivity contribution in [2.24, 2.45) is 5.92 Å². The second-order valence-corrected chi connectivity index (χ2v) is 5.61. The summed E-state index contributed by atoms with van der Waals surface area (Å²) in [4.78, 5) is 36.2. The predicted molar refractivity (Wildman–Crippen MR) is 66.0 cm³/mol. The van der Waals surface area contributed by atoms with Gasteiger partial charge in [-0.25, -0.2) is 9.69 Å². The quantitative estimate of drug-likeness (QED) is 0.709. The van der Waals surface area contributed by atoms with Gasteiger partial charge in [-0.3, -0.25) is 9.59 Å². The van der Waals surface area contributed by atoms with Gasteiger partial charge in [0, 0.05) is 12.5 Å². The number of carbonyl (C=O) groups is 3. The number of imide groups is 1. The molecule has 1 aliphatic rings. The summed E-state index contributed by atoms with van der Waals surface area (Å²) in [5.41, 5.74) is -0.640. The first-order chi connectivity index (χ1) is 8.24. The van der Waals surface area contributed by atoms with Gasteiger partial charge in [0.1, 0.15) is 11.4 Å². The van der Waals surface area contributed by atoms with Crippen molar-refractivity contribution >= 4 is 17.8 Å². The molecule has 1 rings (SSSR count). The number of ketones is 1. The summed E-state index contributed by atoms with van der Waals surface area (Å²) >= 11 is 0. The molecule has 0 aromatic carbocycles. The molecule has 1 saturated heterocycles. The van der Waals surface area contributed by atoms with Crippen LogP contribution in [-0.4, -0.2) is 34.8 Å². The minimum atomic E-state index is -0.652. The van der Waals surface area contributed by atoms with E-state index in [9.17, 15) is 14.4 Å². The highest BCUT2D eigenvalue weighted by atomic mass is 16.6. The molecule has 1 fully saturated rings. The van der Waals surface area contributed by atoms with E-state index in [0.29, 0.717) is 6.42 Å². The van der Waals surface area contributed by atoms with Gasteiger partial charge in [-0.15, -0.1) is 0 Å². The third-order valence-electron chi connectivity index (χ3n) is 2.74. The fraction of sp³-hybridized carbons (Fsp3) is 0.769. The number of piperidine rings is 1. The summed E-state index contributed by atoms with van der Waals surface area (Å²) in [6, 6.07) is 0. The normalized spacial score (nSPS) is 21.1. The fourth-order valence-corrected chi connectivity index (χ4v) is 1.91. The smallest absolute Gasteiger partial charge is 0.417 e. The minimum Gasteiger partial charge on any atom is -0.443 e. The molecule has 1 unspecified atom stereocenters. The van der Waals surface area contributed by atoms with E-state index in [2.05, 4.69) is 0 Å². The number of Topliss-reactive ketones (excluding diaryl/α,β-unsaturated/α-hetero) is 1. The first-order valence-corrected chi connectivity index (χ1v) is 6.30. The van der Waals surface area contributed by atoms with E-state index in [1.807, 2.05) is 6.92 Å². The Bertz CT molecular complexity index is 356. The van der Waals surface area contributed by atoms with Gasteiger partial charge in [-0.2, -0.15) is 0 Å². The second kappa shape index (κ2) is 5.50. The number of ether oxygens (including phenoxy) is 1. The van der Waals surface area contributed by atoms with E-state index in [-0.39, 0.29) is 24.7 Å². The van der Waals surface area contributed by atoms with Crippen molar-refractivity contribution in [3.8, 4) is 0 Å². The molecular formula is C13H21NO4. The number of carbonyl (C=O) groups excluding carboxylic acids is 3. The molecule has 5 nitrogen and oxygen atoms in total. The summed E-state index contributed by atoms with van der Waals surface area (Å²) in [7, 11) is 0. The molecule has 0 aromatic rings. The number of rotatable bonds is 2. The molecule has 5 heteroatoms. The summed E-state index contributed by atoms with van der Waals surface area (Å²) in [5.74, 6) is -0.761. The maximum Gasteiger partial charge on any atom is 0.417 e. The summed E-state index contributed by atoms with van der Waals surface area (Å²) in [6.45, 7) is 7.36. The minimum absolute atomic E-state index is 0.0679. The van der Waals surface area contributed by atoms with Crippen LogP contribution in [0.4, 0.5) is 4.79 Å². The SMILES string of the molecule is CCCC1CN(C(=O)OC(C)(C)C)C(=O)CC1=O. The van der Waals surface area contributed by atoms with Crippen molar-refractivity contribution in [1.29, 1.82) is 0 Å². The van der Waals surface area contributed by atoms with Crippen LogP contribution in [0.5, 0.6) is 0 Å². The number of amides is 2. The zero-order valence-electron chi connectivity index (χ0n) is 11.5. The molecule has 0 radical (unpaired) electrons. The number of hydrogen-bond donors (Lipinski definition) is 0. The molecule has 0 saturated carbocycles.